The Bertz CT molecular complexity index is 595. The SMILES string of the molecule is Cc1cccc(C(O)c2c(Br)cnn2C(C)C)c1I. The minimum atomic E-state index is -0.675. The van der Waals surface area contributed by atoms with Crippen LogP contribution in [0.25, 0.3) is 0 Å². The number of hydrogen-bond acceptors (Lipinski definition) is 2. The molecule has 1 unspecified atom stereocenters. The van der Waals surface area contributed by atoms with Crippen LogP contribution in [0.5, 0.6) is 0 Å². The van der Waals surface area contributed by atoms with Crippen LogP contribution in [0.1, 0.15) is 42.8 Å². The normalized spacial score (nSPS) is 13.0. The number of hydrogen-bond donors (Lipinski definition) is 1. The molecule has 3 nitrogen and oxygen atoms in total. The van der Waals surface area contributed by atoms with Gasteiger partial charge in [-0.25, -0.2) is 0 Å². The Morgan fingerprint density at radius 2 is 2.05 bits per heavy atom. The lowest BCUT2D eigenvalue weighted by molar-refractivity contribution is 0.203. The van der Waals surface area contributed by atoms with E-state index in [9.17, 15) is 5.11 Å². The zero-order valence-corrected chi connectivity index (χ0v) is 14.8. The van der Waals surface area contributed by atoms with Gasteiger partial charge in [0.1, 0.15) is 6.10 Å². The van der Waals surface area contributed by atoms with Gasteiger partial charge in [0.2, 0.25) is 0 Å². The molecule has 0 spiro atoms. The second kappa shape index (κ2) is 5.93. The molecule has 0 aliphatic carbocycles. The highest BCUT2D eigenvalue weighted by atomic mass is 127. The minimum absolute atomic E-state index is 0.207. The number of aliphatic hydroxyl groups is 1. The molecule has 0 amide bonds. The summed E-state index contributed by atoms with van der Waals surface area (Å²) in [5, 5.41) is 15.0. The smallest absolute Gasteiger partial charge is 0.123 e. The van der Waals surface area contributed by atoms with Crippen molar-refractivity contribution >= 4 is 38.5 Å². The fraction of sp³-hybridized carbons (Fsp3) is 0.357. The number of aliphatic hydroxyl groups excluding tert-OH is 1. The van der Waals surface area contributed by atoms with Gasteiger partial charge in [-0.05, 0) is 64.9 Å². The summed E-state index contributed by atoms with van der Waals surface area (Å²) in [7, 11) is 0. The van der Waals surface area contributed by atoms with Crippen LogP contribution >= 0.6 is 38.5 Å². The number of aromatic nitrogens is 2. The first-order chi connectivity index (χ1) is 8.93. The summed E-state index contributed by atoms with van der Waals surface area (Å²) in [5.74, 6) is 0. The predicted molar refractivity (Wildman–Crippen MR) is 88.3 cm³/mol. The molecule has 0 bridgehead atoms. The zero-order valence-electron chi connectivity index (χ0n) is 11.1. The topological polar surface area (TPSA) is 38.1 Å². The molecule has 1 aromatic carbocycles. The van der Waals surface area contributed by atoms with Crippen molar-refractivity contribution in [2.75, 3.05) is 0 Å². The number of halogens is 2. The molecule has 1 aromatic heterocycles. The number of rotatable bonds is 3. The second-order valence-corrected chi connectivity index (χ2v) is 6.73. The van der Waals surface area contributed by atoms with Crippen LogP contribution in [0.15, 0.2) is 28.9 Å². The Balaban J connectivity index is 2.53. The Kier molecular flexibility index (Phi) is 4.68. The highest BCUT2D eigenvalue weighted by Gasteiger charge is 2.23. The number of nitrogens with zero attached hydrogens (tertiary/aromatic N) is 2. The molecule has 0 aliphatic heterocycles. The molecule has 0 aliphatic rings. The van der Waals surface area contributed by atoms with E-state index >= 15 is 0 Å². The van der Waals surface area contributed by atoms with Crippen LogP contribution < -0.4 is 0 Å². The maximum Gasteiger partial charge on any atom is 0.123 e. The molecule has 19 heavy (non-hydrogen) atoms. The Hall–Kier alpha value is -0.400. The van der Waals surface area contributed by atoms with Crippen LogP contribution in [0.4, 0.5) is 0 Å². The van der Waals surface area contributed by atoms with E-state index in [2.05, 4.69) is 57.5 Å². The number of aryl methyl sites for hydroxylation is 1. The summed E-state index contributed by atoms with van der Waals surface area (Å²) < 4.78 is 3.79. The highest BCUT2D eigenvalue weighted by molar-refractivity contribution is 14.1. The summed E-state index contributed by atoms with van der Waals surface area (Å²) in [4.78, 5) is 0. The van der Waals surface area contributed by atoms with Crippen molar-refractivity contribution in [3.63, 3.8) is 0 Å². The molecule has 1 atom stereocenters. The van der Waals surface area contributed by atoms with Crippen LogP contribution in [-0.2, 0) is 0 Å². The lowest BCUT2D eigenvalue weighted by Gasteiger charge is -2.18. The van der Waals surface area contributed by atoms with E-state index in [1.165, 1.54) is 5.56 Å². The predicted octanol–water partition coefficient (Wildman–Crippen LogP) is 4.22. The fourth-order valence-corrected chi connectivity index (χ4v) is 3.19. The molecule has 0 radical (unpaired) electrons. The third-order valence-electron chi connectivity index (χ3n) is 3.05. The first-order valence-corrected chi connectivity index (χ1v) is 7.96. The molecular formula is C14H16BrIN2O. The van der Waals surface area contributed by atoms with Gasteiger partial charge in [0, 0.05) is 15.2 Å². The largest absolute Gasteiger partial charge is 0.382 e. The van der Waals surface area contributed by atoms with Gasteiger partial charge in [0.25, 0.3) is 0 Å². The Morgan fingerprint density at radius 3 is 2.68 bits per heavy atom. The molecule has 1 heterocycles. The molecule has 0 fully saturated rings. The van der Waals surface area contributed by atoms with Crippen molar-refractivity contribution < 1.29 is 5.11 Å². The van der Waals surface area contributed by atoms with Gasteiger partial charge in [-0.1, -0.05) is 18.2 Å². The van der Waals surface area contributed by atoms with E-state index in [1.807, 2.05) is 29.8 Å². The molecule has 102 valence electrons. The van der Waals surface area contributed by atoms with E-state index in [0.717, 1.165) is 19.3 Å². The molecule has 2 rings (SSSR count). The maximum atomic E-state index is 10.7. The van der Waals surface area contributed by atoms with Crippen molar-refractivity contribution in [3.05, 3.63) is 49.3 Å². The molecule has 0 saturated heterocycles. The monoisotopic (exact) mass is 434 g/mol. The first-order valence-electron chi connectivity index (χ1n) is 6.09. The van der Waals surface area contributed by atoms with Gasteiger partial charge in [-0.2, -0.15) is 5.10 Å². The average Bonchev–Trinajstić information content (AvgIpc) is 2.74. The summed E-state index contributed by atoms with van der Waals surface area (Å²) in [6.07, 6.45) is 1.06. The third kappa shape index (κ3) is 2.87. The van der Waals surface area contributed by atoms with E-state index in [0.29, 0.717) is 0 Å². The second-order valence-electron chi connectivity index (χ2n) is 4.80. The quantitative estimate of drug-likeness (QED) is 0.734. The van der Waals surface area contributed by atoms with Crippen LogP contribution in [0.3, 0.4) is 0 Å². The zero-order chi connectivity index (χ0) is 14.2. The van der Waals surface area contributed by atoms with Gasteiger partial charge in [-0.15, -0.1) is 0 Å². The Labute approximate surface area is 135 Å². The van der Waals surface area contributed by atoms with E-state index in [1.54, 1.807) is 6.20 Å². The van der Waals surface area contributed by atoms with Gasteiger partial charge in [0.05, 0.1) is 16.4 Å². The molecule has 2 aromatic rings. The summed E-state index contributed by atoms with van der Waals surface area (Å²) in [5.41, 5.74) is 2.89. The average molecular weight is 435 g/mol. The molecule has 1 N–H and O–H groups in total. The van der Waals surface area contributed by atoms with E-state index < -0.39 is 6.10 Å². The molecule has 0 saturated carbocycles. The van der Waals surface area contributed by atoms with Crippen LogP contribution in [0.2, 0.25) is 0 Å². The third-order valence-corrected chi connectivity index (χ3v) is 5.14. The molecule has 5 heteroatoms. The maximum absolute atomic E-state index is 10.7. The lowest BCUT2D eigenvalue weighted by Crippen LogP contribution is -2.13. The number of benzene rings is 1. The van der Waals surface area contributed by atoms with Crippen molar-refractivity contribution in [2.45, 2.75) is 32.9 Å². The van der Waals surface area contributed by atoms with Gasteiger partial charge in [-0.3, -0.25) is 4.68 Å². The fourth-order valence-electron chi connectivity index (χ4n) is 2.05. The van der Waals surface area contributed by atoms with Crippen molar-refractivity contribution in [1.29, 1.82) is 0 Å². The van der Waals surface area contributed by atoms with Crippen LogP contribution in [-0.4, -0.2) is 14.9 Å². The van der Waals surface area contributed by atoms with E-state index in [4.69, 9.17) is 0 Å². The first kappa shape index (κ1) is 15.0. The van der Waals surface area contributed by atoms with Gasteiger partial charge < -0.3 is 5.11 Å². The van der Waals surface area contributed by atoms with E-state index in [-0.39, 0.29) is 6.04 Å². The van der Waals surface area contributed by atoms with Gasteiger partial charge in [0.15, 0.2) is 0 Å². The lowest BCUT2D eigenvalue weighted by atomic mass is 10.0. The minimum Gasteiger partial charge on any atom is -0.382 e. The van der Waals surface area contributed by atoms with Crippen molar-refractivity contribution in [3.8, 4) is 0 Å². The van der Waals surface area contributed by atoms with Crippen molar-refractivity contribution in [1.82, 2.24) is 9.78 Å². The standard InChI is InChI=1S/C14H16BrIN2O/c1-8(2)18-13(11(15)7-17-18)14(19)10-6-4-5-9(3)12(10)16/h4-8,14,19H,1-3H3. The van der Waals surface area contributed by atoms with Crippen LogP contribution in [0, 0.1) is 10.5 Å². The highest BCUT2D eigenvalue weighted by Crippen LogP contribution is 2.33. The Morgan fingerprint density at radius 1 is 1.37 bits per heavy atom. The molecular weight excluding hydrogens is 419 g/mol. The van der Waals surface area contributed by atoms with Gasteiger partial charge >= 0.3 is 0 Å². The summed E-state index contributed by atoms with van der Waals surface area (Å²) in [6.45, 7) is 6.15. The summed E-state index contributed by atoms with van der Waals surface area (Å²) >= 11 is 5.76. The van der Waals surface area contributed by atoms with Crippen molar-refractivity contribution in [2.24, 2.45) is 0 Å². The summed E-state index contributed by atoms with van der Waals surface area (Å²) in [6, 6.07) is 6.19.